The molecule has 0 spiro atoms. The number of hydrogen-bond acceptors (Lipinski definition) is 4. The van der Waals surface area contributed by atoms with Crippen LogP contribution in [0.15, 0.2) is 42.5 Å². The first kappa shape index (κ1) is 20.5. The summed E-state index contributed by atoms with van der Waals surface area (Å²) >= 11 is 0. The van der Waals surface area contributed by atoms with Gasteiger partial charge in [0.25, 0.3) is 0 Å². The van der Waals surface area contributed by atoms with E-state index in [2.05, 4.69) is 10.6 Å². The second-order valence-electron chi connectivity index (χ2n) is 7.29. The molecule has 3 amide bonds. The van der Waals surface area contributed by atoms with Gasteiger partial charge >= 0.3 is 6.03 Å². The monoisotopic (exact) mass is 397 g/mol. The number of carbonyl (C=O) groups excluding carboxylic acids is 2. The molecule has 1 aliphatic heterocycles. The van der Waals surface area contributed by atoms with Crippen molar-refractivity contribution in [3.8, 4) is 11.5 Å². The number of methoxy groups -OCH3 is 2. The van der Waals surface area contributed by atoms with Crippen LogP contribution in [0.2, 0.25) is 0 Å². The number of anilines is 2. The van der Waals surface area contributed by atoms with Gasteiger partial charge in [-0.25, -0.2) is 4.79 Å². The second-order valence-corrected chi connectivity index (χ2v) is 7.29. The molecule has 2 N–H and O–H groups in total. The zero-order valence-electron chi connectivity index (χ0n) is 17.2. The van der Waals surface area contributed by atoms with Gasteiger partial charge in [-0.1, -0.05) is 32.0 Å². The summed E-state index contributed by atoms with van der Waals surface area (Å²) in [6, 6.07) is 11.9. The van der Waals surface area contributed by atoms with Crippen molar-refractivity contribution < 1.29 is 19.1 Å². The molecule has 7 nitrogen and oxygen atoms in total. The fourth-order valence-corrected chi connectivity index (χ4v) is 3.44. The van der Waals surface area contributed by atoms with Gasteiger partial charge < -0.3 is 25.0 Å². The van der Waals surface area contributed by atoms with Crippen molar-refractivity contribution >= 4 is 23.3 Å². The van der Waals surface area contributed by atoms with Gasteiger partial charge in [0, 0.05) is 36.1 Å². The molecule has 7 heteroatoms. The highest BCUT2D eigenvalue weighted by Crippen LogP contribution is 2.29. The molecule has 0 aliphatic carbocycles. The first-order chi connectivity index (χ1) is 13.9. The van der Waals surface area contributed by atoms with Crippen LogP contribution < -0.4 is 25.0 Å². The Morgan fingerprint density at radius 2 is 1.69 bits per heavy atom. The summed E-state index contributed by atoms with van der Waals surface area (Å²) < 4.78 is 10.4. The number of benzene rings is 2. The minimum absolute atomic E-state index is 0.0687. The van der Waals surface area contributed by atoms with Gasteiger partial charge in [0.05, 0.1) is 14.2 Å². The van der Waals surface area contributed by atoms with Gasteiger partial charge in [0.2, 0.25) is 5.91 Å². The number of fused-ring (bicyclic) bond motifs is 1. The van der Waals surface area contributed by atoms with Crippen molar-refractivity contribution in [1.29, 1.82) is 0 Å². The molecule has 29 heavy (non-hydrogen) atoms. The zero-order chi connectivity index (χ0) is 21.0. The molecule has 0 saturated carbocycles. The van der Waals surface area contributed by atoms with Crippen LogP contribution in [-0.4, -0.2) is 38.7 Å². The van der Waals surface area contributed by atoms with Crippen LogP contribution in [0, 0.1) is 5.92 Å². The quantitative estimate of drug-likeness (QED) is 0.783. The standard InChI is InChI=1S/C22H27N3O4/c1-14(2)20(21(26)25-10-9-15-7-5-6-8-19(15)25)24-22(27)23-16-11-17(28-3)13-18(12-16)29-4/h5-8,11-14,20H,9-10H2,1-4H3,(H2,23,24,27). The summed E-state index contributed by atoms with van der Waals surface area (Å²) in [5, 5.41) is 5.59. The SMILES string of the molecule is COc1cc(NC(=O)NC(C(=O)N2CCc3ccccc32)C(C)C)cc(OC)c1. The van der Waals surface area contributed by atoms with E-state index in [9.17, 15) is 9.59 Å². The average Bonchev–Trinajstić information content (AvgIpc) is 3.15. The molecule has 2 aromatic rings. The summed E-state index contributed by atoms with van der Waals surface area (Å²) in [6.45, 7) is 4.45. The largest absolute Gasteiger partial charge is 0.497 e. The van der Waals surface area contributed by atoms with E-state index in [-0.39, 0.29) is 11.8 Å². The van der Waals surface area contributed by atoms with Crippen molar-refractivity contribution in [2.75, 3.05) is 31.0 Å². The highest BCUT2D eigenvalue weighted by Gasteiger charge is 2.32. The van der Waals surface area contributed by atoms with E-state index in [4.69, 9.17) is 9.47 Å². The van der Waals surface area contributed by atoms with Crippen molar-refractivity contribution in [1.82, 2.24) is 5.32 Å². The maximum Gasteiger partial charge on any atom is 0.319 e. The predicted molar refractivity (Wildman–Crippen MR) is 113 cm³/mol. The minimum atomic E-state index is -0.645. The van der Waals surface area contributed by atoms with Crippen LogP contribution in [0.25, 0.3) is 0 Å². The molecule has 2 aromatic carbocycles. The van der Waals surface area contributed by atoms with Crippen molar-refractivity contribution in [2.24, 2.45) is 5.92 Å². The first-order valence-corrected chi connectivity index (χ1v) is 9.62. The van der Waals surface area contributed by atoms with Crippen LogP contribution in [0.4, 0.5) is 16.2 Å². The van der Waals surface area contributed by atoms with Gasteiger partial charge in [-0.3, -0.25) is 4.79 Å². The van der Waals surface area contributed by atoms with E-state index in [1.807, 2.05) is 38.1 Å². The number of nitrogens with zero attached hydrogens (tertiary/aromatic N) is 1. The number of ether oxygens (including phenoxy) is 2. The summed E-state index contributed by atoms with van der Waals surface area (Å²) in [6.07, 6.45) is 0.822. The Hall–Kier alpha value is -3.22. The molecule has 0 bridgehead atoms. The highest BCUT2D eigenvalue weighted by atomic mass is 16.5. The van der Waals surface area contributed by atoms with Gasteiger partial charge in [0.1, 0.15) is 17.5 Å². The molecule has 1 aliphatic rings. The van der Waals surface area contributed by atoms with Crippen LogP contribution in [-0.2, 0) is 11.2 Å². The van der Waals surface area contributed by atoms with Crippen molar-refractivity contribution in [3.05, 3.63) is 48.0 Å². The number of urea groups is 1. The number of para-hydroxylation sites is 1. The highest BCUT2D eigenvalue weighted by molar-refractivity contribution is 6.02. The number of rotatable bonds is 6. The maximum absolute atomic E-state index is 13.2. The summed E-state index contributed by atoms with van der Waals surface area (Å²) in [7, 11) is 3.08. The number of nitrogens with one attached hydrogen (secondary N) is 2. The molecular formula is C22H27N3O4. The summed E-state index contributed by atoms with van der Waals surface area (Å²) in [5.74, 6) is 0.943. The Labute approximate surface area is 171 Å². The molecule has 0 saturated heterocycles. The third kappa shape index (κ3) is 4.62. The van der Waals surface area contributed by atoms with Gasteiger partial charge in [-0.2, -0.15) is 0 Å². The smallest absolute Gasteiger partial charge is 0.319 e. The van der Waals surface area contributed by atoms with Crippen molar-refractivity contribution in [3.63, 3.8) is 0 Å². The summed E-state index contributed by atoms with van der Waals surface area (Å²) in [5.41, 5.74) is 2.58. The van der Waals surface area contributed by atoms with Crippen LogP contribution in [0.1, 0.15) is 19.4 Å². The van der Waals surface area contributed by atoms with Crippen LogP contribution in [0.5, 0.6) is 11.5 Å². The lowest BCUT2D eigenvalue weighted by molar-refractivity contribution is -0.121. The molecular weight excluding hydrogens is 370 g/mol. The van der Waals surface area contributed by atoms with Crippen molar-refractivity contribution in [2.45, 2.75) is 26.3 Å². The predicted octanol–water partition coefficient (Wildman–Crippen LogP) is 3.44. The summed E-state index contributed by atoms with van der Waals surface area (Å²) in [4.78, 5) is 27.6. The molecule has 1 unspecified atom stereocenters. The van der Waals surface area contributed by atoms with E-state index in [0.717, 1.165) is 17.7 Å². The third-order valence-electron chi connectivity index (χ3n) is 4.98. The second kappa shape index (κ2) is 8.86. The van der Waals surface area contributed by atoms with Crippen LogP contribution in [0.3, 0.4) is 0 Å². The van der Waals surface area contributed by atoms with Gasteiger partial charge in [0.15, 0.2) is 0 Å². The molecule has 154 valence electrons. The average molecular weight is 397 g/mol. The topological polar surface area (TPSA) is 79.9 Å². The van der Waals surface area contributed by atoms with E-state index < -0.39 is 12.1 Å². The Kier molecular flexibility index (Phi) is 6.26. The molecule has 0 radical (unpaired) electrons. The number of amides is 3. The van der Waals surface area contributed by atoms with E-state index >= 15 is 0 Å². The van der Waals surface area contributed by atoms with Gasteiger partial charge in [-0.15, -0.1) is 0 Å². The Bertz CT molecular complexity index is 875. The van der Waals surface area contributed by atoms with E-state index in [1.54, 1.807) is 37.3 Å². The number of hydrogen-bond donors (Lipinski definition) is 2. The molecule has 0 fully saturated rings. The molecule has 0 aromatic heterocycles. The Morgan fingerprint density at radius 1 is 1.03 bits per heavy atom. The maximum atomic E-state index is 13.2. The lowest BCUT2D eigenvalue weighted by Gasteiger charge is -2.27. The fourth-order valence-electron chi connectivity index (χ4n) is 3.44. The lowest BCUT2D eigenvalue weighted by atomic mass is 10.0. The van der Waals surface area contributed by atoms with Crippen LogP contribution >= 0.6 is 0 Å². The van der Waals surface area contributed by atoms with Gasteiger partial charge in [-0.05, 0) is 24.0 Å². The Balaban J connectivity index is 1.72. The number of carbonyl (C=O) groups is 2. The lowest BCUT2D eigenvalue weighted by Crippen LogP contribution is -2.52. The molecule has 1 heterocycles. The van der Waals surface area contributed by atoms with E-state index in [0.29, 0.717) is 23.7 Å². The fraction of sp³-hybridized carbons (Fsp3) is 0.364. The first-order valence-electron chi connectivity index (χ1n) is 9.62. The molecule has 3 rings (SSSR count). The Morgan fingerprint density at radius 3 is 2.31 bits per heavy atom. The molecule has 1 atom stereocenters. The minimum Gasteiger partial charge on any atom is -0.497 e. The zero-order valence-corrected chi connectivity index (χ0v) is 17.2. The van der Waals surface area contributed by atoms with E-state index in [1.165, 1.54) is 0 Å². The normalized spacial score (nSPS) is 13.6. The third-order valence-corrected chi connectivity index (χ3v) is 4.98.